The normalized spacial score (nSPS) is 23.2. The number of imidazole rings is 1. The average Bonchev–Trinajstić information content (AvgIpc) is 3.37. The van der Waals surface area contributed by atoms with Crippen molar-refractivity contribution in [2.24, 2.45) is 5.73 Å². The van der Waals surface area contributed by atoms with E-state index in [-0.39, 0.29) is 6.10 Å². The van der Waals surface area contributed by atoms with Crippen molar-refractivity contribution in [3.05, 3.63) is 36.0 Å². The Bertz CT molecular complexity index is 1210. The molecule has 2 N–H and O–H groups in total. The van der Waals surface area contributed by atoms with Gasteiger partial charge in [0.2, 0.25) is 5.91 Å². The number of carbonyl (C=O) groups excluding carboxylic acids is 1. The molecule has 4 heterocycles. The van der Waals surface area contributed by atoms with Crippen LogP contribution in [0.25, 0.3) is 22.4 Å². The van der Waals surface area contributed by atoms with Gasteiger partial charge >= 0.3 is 0 Å². The number of likely N-dealkylation sites (N-methyl/N-ethyl adjacent to an activating group) is 1. The number of benzene rings is 1. The minimum absolute atomic E-state index is 0.00366. The number of nitrogens with two attached hydrogens (primary N) is 1. The second-order valence-corrected chi connectivity index (χ2v) is 9.80. The lowest BCUT2D eigenvalue weighted by Gasteiger charge is -2.31. The number of hydrogen-bond acceptors (Lipinski definition) is 7. The summed E-state index contributed by atoms with van der Waals surface area (Å²) in [5, 5.41) is 0. The monoisotopic (exact) mass is 478 g/mol. The second-order valence-electron chi connectivity index (χ2n) is 9.80. The molecule has 1 amide bonds. The molecule has 2 aliphatic heterocycles. The summed E-state index contributed by atoms with van der Waals surface area (Å²) in [6.45, 7) is 7.53. The highest BCUT2D eigenvalue weighted by molar-refractivity contribution is 5.99. The number of anilines is 1. The van der Waals surface area contributed by atoms with Crippen molar-refractivity contribution in [3.8, 4) is 17.1 Å². The van der Waals surface area contributed by atoms with Gasteiger partial charge in [0.1, 0.15) is 22.9 Å². The van der Waals surface area contributed by atoms with Gasteiger partial charge in [0, 0.05) is 42.5 Å². The molecule has 0 aliphatic carbocycles. The van der Waals surface area contributed by atoms with Gasteiger partial charge in [0.05, 0.1) is 31.9 Å². The van der Waals surface area contributed by atoms with Crippen molar-refractivity contribution in [2.75, 3.05) is 38.8 Å². The predicted octanol–water partition coefficient (Wildman–Crippen LogP) is 2.91. The van der Waals surface area contributed by atoms with Crippen LogP contribution in [-0.4, -0.2) is 77.4 Å². The summed E-state index contributed by atoms with van der Waals surface area (Å²) in [5.74, 6) is 1.79. The van der Waals surface area contributed by atoms with Gasteiger partial charge in [-0.15, -0.1) is 0 Å². The molecular weight excluding hydrogens is 444 g/mol. The van der Waals surface area contributed by atoms with Gasteiger partial charge in [-0.05, 0) is 58.0 Å². The smallest absolute Gasteiger partial charge is 0.248 e. The number of hydrogen-bond donors (Lipinski definition) is 1. The number of ether oxygens (including phenoxy) is 2. The molecule has 2 fully saturated rings. The zero-order valence-electron chi connectivity index (χ0n) is 20.9. The fraction of sp³-hybridized carbons (Fsp3) is 0.500. The van der Waals surface area contributed by atoms with Gasteiger partial charge in [-0.3, -0.25) is 4.79 Å². The van der Waals surface area contributed by atoms with Crippen molar-refractivity contribution >= 4 is 22.8 Å². The van der Waals surface area contributed by atoms with Gasteiger partial charge < -0.3 is 29.6 Å². The van der Waals surface area contributed by atoms with Crippen LogP contribution >= 0.6 is 0 Å². The molecule has 3 aromatic rings. The first kappa shape index (κ1) is 23.6. The van der Waals surface area contributed by atoms with E-state index in [1.807, 2.05) is 6.20 Å². The van der Waals surface area contributed by atoms with Gasteiger partial charge in [-0.2, -0.15) is 0 Å². The molecule has 1 aromatic carbocycles. The van der Waals surface area contributed by atoms with Crippen LogP contribution in [-0.2, 0) is 11.3 Å². The molecule has 9 heteroatoms. The third kappa shape index (κ3) is 4.46. The van der Waals surface area contributed by atoms with Gasteiger partial charge in [-0.25, -0.2) is 9.97 Å². The Balaban J connectivity index is 1.60. The Labute approximate surface area is 205 Å². The molecule has 2 aromatic heterocycles. The van der Waals surface area contributed by atoms with E-state index in [1.54, 1.807) is 19.2 Å². The molecule has 0 spiro atoms. The van der Waals surface area contributed by atoms with Crippen LogP contribution in [0.4, 0.5) is 5.82 Å². The van der Waals surface area contributed by atoms with E-state index < -0.39 is 5.91 Å². The van der Waals surface area contributed by atoms with E-state index in [0.29, 0.717) is 42.1 Å². The summed E-state index contributed by atoms with van der Waals surface area (Å²) in [6, 6.07) is 8.51. The molecule has 2 saturated heterocycles. The molecule has 35 heavy (non-hydrogen) atoms. The lowest BCUT2D eigenvalue weighted by Crippen LogP contribution is -2.42. The summed E-state index contributed by atoms with van der Waals surface area (Å²) in [4.78, 5) is 26.3. The van der Waals surface area contributed by atoms with Crippen molar-refractivity contribution in [1.82, 2.24) is 19.4 Å². The van der Waals surface area contributed by atoms with Gasteiger partial charge in [0.15, 0.2) is 0 Å². The Hall–Kier alpha value is -3.17. The number of primary amides is 1. The first-order valence-electron chi connectivity index (χ1n) is 12.3. The van der Waals surface area contributed by atoms with Crippen LogP contribution in [0.3, 0.4) is 0 Å². The number of aromatic nitrogens is 3. The van der Waals surface area contributed by atoms with E-state index in [4.69, 9.17) is 25.2 Å². The molecule has 5 rings (SSSR count). The highest BCUT2D eigenvalue weighted by Crippen LogP contribution is 2.34. The highest BCUT2D eigenvalue weighted by atomic mass is 16.5. The zero-order chi connectivity index (χ0) is 24.7. The van der Waals surface area contributed by atoms with Crippen LogP contribution in [0, 0.1) is 0 Å². The van der Waals surface area contributed by atoms with Gasteiger partial charge in [-0.1, -0.05) is 0 Å². The average molecular weight is 479 g/mol. The standard InChI is InChI=1S/C26H34N6O3/c1-16-5-6-17(2)32(16)23-8-7-18(13-28-23)26-29-21-11-19(25(27)33)12-22(34-4)24(21)31(26)15-20-14-30(3)9-10-35-20/h7-8,11-13,16-17,20H,5-6,9-10,14-15H2,1-4H3,(H2,27,33)/t16-,17-,20-/m0/s1. The van der Waals surface area contributed by atoms with Crippen LogP contribution in [0.15, 0.2) is 30.5 Å². The fourth-order valence-corrected chi connectivity index (χ4v) is 5.42. The maximum absolute atomic E-state index is 11.9. The van der Waals surface area contributed by atoms with Crippen LogP contribution in [0.5, 0.6) is 5.75 Å². The number of amides is 1. The van der Waals surface area contributed by atoms with Crippen LogP contribution in [0.2, 0.25) is 0 Å². The summed E-state index contributed by atoms with van der Waals surface area (Å²) in [5.41, 5.74) is 8.31. The molecular formula is C26H34N6O3. The predicted molar refractivity (Wildman–Crippen MR) is 136 cm³/mol. The molecule has 3 atom stereocenters. The number of morpholine rings is 1. The van der Waals surface area contributed by atoms with E-state index in [2.05, 4.69) is 47.4 Å². The minimum atomic E-state index is -0.515. The van der Waals surface area contributed by atoms with Gasteiger partial charge in [0.25, 0.3) is 0 Å². The summed E-state index contributed by atoms with van der Waals surface area (Å²) in [7, 11) is 3.70. The number of methoxy groups -OCH3 is 1. The molecule has 2 aliphatic rings. The SMILES string of the molecule is COc1cc(C(N)=O)cc2nc(-c3ccc(N4[C@@H](C)CC[C@@H]4C)nc3)n(C[C@@H]3CN(C)CCO3)c12. The number of carbonyl (C=O) groups is 1. The maximum atomic E-state index is 11.9. The lowest BCUT2D eigenvalue weighted by atomic mass is 10.1. The lowest BCUT2D eigenvalue weighted by molar-refractivity contribution is -0.0267. The highest BCUT2D eigenvalue weighted by Gasteiger charge is 2.29. The van der Waals surface area contributed by atoms with Crippen LogP contribution < -0.4 is 15.4 Å². The molecule has 0 unspecified atom stereocenters. The minimum Gasteiger partial charge on any atom is -0.494 e. The van der Waals surface area contributed by atoms with Crippen molar-refractivity contribution in [2.45, 2.75) is 51.4 Å². The molecule has 0 saturated carbocycles. The van der Waals surface area contributed by atoms with E-state index >= 15 is 0 Å². The molecule has 0 radical (unpaired) electrons. The molecule has 9 nitrogen and oxygen atoms in total. The second kappa shape index (κ2) is 9.47. The van der Waals surface area contributed by atoms with Crippen molar-refractivity contribution in [1.29, 1.82) is 0 Å². The van der Waals surface area contributed by atoms with Crippen LogP contribution in [0.1, 0.15) is 37.0 Å². The first-order chi connectivity index (χ1) is 16.9. The quantitative estimate of drug-likeness (QED) is 0.582. The number of fused-ring (bicyclic) bond motifs is 1. The Morgan fingerprint density at radius 2 is 2.00 bits per heavy atom. The number of rotatable bonds is 6. The zero-order valence-corrected chi connectivity index (χ0v) is 20.9. The number of nitrogens with zero attached hydrogens (tertiary/aromatic N) is 5. The summed E-state index contributed by atoms with van der Waals surface area (Å²) in [6.07, 6.45) is 4.25. The third-order valence-electron chi connectivity index (χ3n) is 7.26. The van der Waals surface area contributed by atoms with E-state index in [1.165, 1.54) is 12.8 Å². The maximum Gasteiger partial charge on any atom is 0.248 e. The summed E-state index contributed by atoms with van der Waals surface area (Å²) < 4.78 is 13.9. The Morgan fingerprint density at radius 1 is 1.23 bits per heavy atom. The molecule has 186 valence electrons. The van der Waals surface area contributed by atoms with Crippen molar-refractivity contribution < 1.29 is 14.3 Å². The fourth-order valence-electron chi connectivity index (χ4n) is 5.42. The first-order valence-corrected chi connectivity index (χ1v) is 12.3. The summed E-state index contributed by atoms with van der Waals surface area (Å²) >= 11 is 0. The topological polar surface area (TPSA) is 98.7 Å². The molecule has 0 bridgehead atoms. The largest absolute Gasteiger partial charge is 0.494 e. The number of pyridine rings is 1. The van der Waals surface area contributed by atoms with Crippen molar-refractivity contribution in [3.63, 3.8) is 0 Å². The Morgan fingerprint density at radius 3 is 2.63 bits per heavy atom. The van der Waals surface area contributed by atoms with E-state index in [9.17, 15) is 4.79 Å². The third-order valence-corrected chi connectivity index (χ3v) is 7.26. The van der Waals surface area contributed by atoms with E-state index in [0.717, 1.165) is 35.8 Å². The Kier molecular flexibility index (Phi) is 6.37.